The summed E-state index contributed by atoms with van der Waals surface area (Å²) in [5.41, 5.74) is -0.701. The number of carbonyl (C=O) groups excluding carboxylic acids is 1. The topological polar surface area (TPSA) is 73.1 Å². The number of rotatable bonds is 7. The second kappa shape index (κ2) is 8.36. The van der Waals surface area contributed by atoms with Crippen LogP contribution in [0.4, 0.5) is 4.79 Å². The highest BCUT2D eigenvalue weighted by molar-refractivity contribution is 5.76. The monoisotopic (exact) mass is 307 g/mol. The number of nitrogens with one attached hydrogen (secondary N) is 1. The van der Waals surface area contributed by atoms with Crippen molar-refractivity contribution in [2.24, 2.45) is 0 Å². The van der Waals surface area contributed by atoms with Crippen molar-refractivity contribution in [2.45, 2.75) is 52.5 Å². The minimum Gasteiger partial charge on any atom is -0.337 e. The Morgan fingerprint density at radius 2 is 2.05 bits per heavy atom. The number of nitrogens with zero attached hydrogens (tertiary/aromatic N) is 2. The van der Waals surface area contributed by atoms with E-state index in [0.717, 1.165) is 34.8 Å². The first kappa shape index (κ1) is 17.9. The lowest BCUT2D eigenvalue weighted by molar-refractivity contribution is 0.240. The molecule has 122 valence electrons. The van der Waals surface area contributed by atoms with E-state index >= 15 is 0 Å². The molecule has 1 N–H and O–H groups in total. The summed E-state index contributed by atoms with van der Waals surface area (Å²) in [6, 6.07) is -0.974. The van der Waals surface area contributed by atoms with Crippen LogP contribution in [0.3, 0.4) is 0 Å². The summed E-state index contributed by atoms with van der Waals surface area (Å²) >= 11 is 0. The van der Waals surface area contributed by atoms with Crippen molar-refractivity contribution in [1.82, 2.24) is 14.5 Å². The van der Waals surface area contributed by atoms with E-state index in [2.05, 4.69) is 18.8 Å². The summed E-state index contributed by atoms with van der Waals surface area (Å²) in [7, 11) is 0. The number of aryl methyl sites for hydroxylation is 1. The van der Waals surface area contributed by atoms with E-state index < -0.39 is 23.3 Å². The molecule has 6 heteroatoms. The molecule has 0 aliphatic rings. The molecule has 0 bridgehead atoms. The Kier molecular flexibility index (Phi) is 6.82. The Hall–Kier alpha value is -2.11. The van der Waals surface area contributed by atoms with Crippen molar-refractivity contribution in [3.63, 3.8) is 0 Å². The van der Waals surface area contributed by atoms with Crippen LogP contribution in [0, 0.1) is 6.92 Å². The van der Waals surface area contributed by atoms with Crippen molar-refractivity contribution in [3.8, 4) is 0 Å². The van der Waals surface area contributed by atoms with Crippen LogP contribution in [0.5, 0.6) is 0 Å². The molecule has 6 nitrogen and oxygen atoms in total. The van der Waals surface area contributed by atoms with Crippen LogP contribution >= 0.6 is 0 Å². The fourth-order valence-corrected chi connectivity index (χ4v) is 2.14. The molecule has 0 aliphatic heterocycles. The smallest absolute Gasteiger partial charge is 0.337 e. The van der Waals surface area contributed by atoms with Gasteiger partial charge in [-0.05, 0) is 20.3 Å². The Morgan fingerprint density at radius 1 is 1.36 bits per heavy atom. The third-order valence-electron chi connectivity index (χ3n) is 3.56. The van der Waals surface area contributed by atoms with Crippen molar-refractivity contribution in [2.75, 3.05) is 6.54 Å². The summed E-state index contributed by atoms with van der Waals surface area (Å²) in [6.45, 7) is 9.49. The second-order valence-electron chi connectivity index (χ2n) is 5.41. The predicted octanol–water partition coefficient (Wildman–Crippen LogP) is 2.20. The minimum absolute atomic E-state index is 0.342. The van der Waals surface area contributed by atoms with Crippen LogP contribution in [-0.2, 0) is 0 Å². The molecule has 0 aromatic carbocycles. The lowest BCUT2D eigenvalue weighted by atomic mass is 10.2. The molecule has 0 radical (unpaired) electrons. The van der Waals surface area contributed by atoms with Gasteiger partial charge in [0.15, 0.2) is 0 Å². The van der Waals surface area contributed by atoms with Crippen LogP contribution in [0.15, 0.2) is 28.4 Å². The molecular weight excluding hydrogens is 282 g/mol. The standard InChI is InChI=1S/C16H25N3O3/c1-5-7-8-9-10-17-15(21)18-11-12(3)14(20)19(16(18)22)13(4)6-2/h6,11,13H,2,5,7-10H2,1,3-4H3,(H,17,21). The normalized spacial score (nSPS) is 12.0. The van der Waals surface area contributed by atoms with Crippen LogP contribution in [-0.4, -0.2) is 21.7 Å². The number of allylic oxidation sites excluding steroid dienone is 1. The van der Waals surface area contributed by atoms with Gasteiger partial charge in [-0.1, -0.05) is 32.3 Å². The molecule has 0 spiro atoms. The predicted molar refractivity (Wildman–Crippen MR) is 87.5 cm³/mol. The molecule has 1 aromatic heterocycles. The fourth-order valence-electron chi connectivity index (χ4n) is 2.14. The highest BCUT2D eigenvalue weighted by Crippen LogP contribution is 2.00. The zero-order chi connectivity index (χ0) is 16.7. The number of hydrogen-bond acceptors (Lipinski definition) is 3. The SMILES string of the molecule is C=CC(C)n1c(=O)c(C)cn(C(=O)NCCCCCC)c1=O. The maximum atomic E-state index is 12.3. The van der Waals surface area contributed by atoms with E-state index in [-0.39, 0.29) is 0 Å². The number of hydrogen-bond donors (Lipinski definition) is 1. The molecule has 1 atom stereocenters. The van der Waals surface area contributed by atoms with E-state index in [4.69, 9.17) is 0 Å². The van der Waals surface area contributed by atoms with Crippen molar-refractivity contribution in [1.29, 1.82) is 0 Å². The Morgan fingerprint density at radius 3 is 2.64 bits per heavy atom. The van der Waals surface area contributed by atoms with Crippen LogP contribution < -0.4 is 16.6 Å². The van der Waals surface area contributed by atoms with Gasteiger partial charge in [-0.25, -0.2) is 14.2 Å². The van der Waals surface area contributed by atoms with Crippen LogP contribution in [0.25, 0.3) is 0 Å². The molecule has 1 aromatic rings. The molecule has 0 saturated carbocycles. The zero-order valence-electron chi connectivity index (χ0n) is 13.6. The summed E-state index contributed by atoms with van der Waals surface area (Å²) in [5, 5.41) is 2.71. The Labute approximate surface area is 130 Å². The van der Waals surface area contributed by atoms with Crippen LogP contribution in [0.1, 0.15) is 51.1 Å². The highest BCUT2D eigenvalue weighted by atomic mass is 16.2. The van der Waals surface area contributed by atoms with Gasteiger partial charge in [-0.3, -0.25) is 9.36 Å². The highest BCUT2D eigenvalue weighted by Gasteiger charge is 2.16. The number of carbonyl (C=O) groups is 1. The van der Waals surface area contributed by atoms with Crippen molar-refractivity contribution >= 4 is 6.03 Å². The van der Waals surface area contributed by atoms with Crippen molar-refractivity contribution < 1.29 is 4.79 Å². The average molecular weight is 307 g/mol. The van der Waals surface area contributed by atoms with Crippen LogP contribution in [0.2, 0.25) is 0 Å². The van der Waals surface area contributed by atoms with Gasteiger partial charge in [-0.15, -0.1) is 6.58 Å². The van der Waals surface area contributed by atoms with Gasteiger partial charge in [0, 0.05) is 18.3 Å². The molecule has 22 heavy (non-hydrogen) atoms. The minimum atomic E-state index is -0.644. The summed E-state index contributed by atoms with van der Waals surface area (Å²) in [6.07, 6.45) is 6.94. The third kappa shape index (κ3) is 4.19. The van der Waals surface area contributed by atoms with E-state index in [1.165, 1.54) is 12.3 Å². The zero-order valence-corrected chi connectivity index (χ0v) is 13.6. The van der Waals surface area contributed by atoms with Gasteiger partial charge in [0.1, 0.15) is 0 Å². The van der Waals surface area contributed by atoms with Gasteiger partial charge >= 0.3 is 11.7 Å². The molecule has 1 rings (SSSR count). The van der Waals surface area contributed by atoms with E-state index in [1.807, 2.05) is 0 Å². The van der Waals surface area contributed by atoms with Gasteiger partial charge in [-0.2, -0.15) is 0 Å². The van der Waals surface area contributed by atoms with Crippen molar-refractivity contribution in [3.05, 3.63) is 45.3 Å². The summed E-state index contributed by atoms with van der Waals surface area (Å²) < 4.78 is 2.00. The number of amides is 1. The molecular formula is C16H25N3O3. The molecule has 1 amide bonds. The number of aromatic nitrogens is 2. The summed E-state index contributed by atoms with van der Waals surface area (Å²) in [4.78, 5) is 36.5. The fraction of sp³-hybridized carbons (Fsp3) is 0.562. The first-order valence-electron chi connectivity index (χ1n) is 7.69. The van der Waals surface area contributed by atoms with Gasteiger partial charge in [0.25, 0.3) is 5.56 Å². The van der Waals surface area contributed by atoms with Gasteiger partial charge in [0.05, 0.1) is 6.04 Å². The molecule has 0 aliphatic carbocycles. The largest absolute Gasteiger partial charge is 0.339 e. The van der Waals surface area contributed by atoms with E-state index in [9.17, 15) is 14.4 Å². The third-order valence-corrected chi connectivity index (χ3v) is 3.56. The molecule has 1 heterocycles. The average Bonchev–Trinajstić information content (AvgIpc) is 2.50. The Balaban J connectivity index is 2.98. The van der Waals surface area contributed by atoms with E-state index in [0.29, 0.717) is 12.1 Å². The van der Waals surface area contributed by atoms with Gasteiger partial charge in [0.2, 0.25) is 0 Å². The molecule has 0 fully saturated rings. The Bertz CT molecular complexity index is 643. The lowest BCUT2D eigenvalue weighted by Gasteiger charge is -2.14. The second-order valence-corrected chi connectivity index (χ2v) is 5.41. The molecule has 0 saturated heterocycles. The lowest BCUT2D eigenvalue weighted by Crippen LogP contribution is -2.46. The number of unbranched alkanes of at least 4 members (excludes halogenated alkanes) is 3. The first-order valence-corrected chi connectivity index (χ1v) is 7.69. The summed E-state index contributed by atoms with van der Waals surface area (Å²) in [5.74, 6) is 0. The van der Waals surface area contributed by atoms with E-state index in [1.54, 1.807) is 13.8 Å². The first-order chi connectivity index (χ1) is 10.4. The quantitative estimate of drug-likeness (QED) is 0.620. The maximum Gasteiger partial charge on any atom is 0.339 e. The van der Waals surface area contributed by atoms with Gasteiger partial charge < -0.3 is 5.32 Å². The maximum absolute atomic E-state index is 12.3. The molecule has 1 unspecified atom stereocenters.